The van der Waals surface area contributed by atoms with Crippen LogP contribution >= 0.6 is 24.0 Å². The fraction of sp³-hybridized carbons (Fsp3) is 0.533. The average Bonchev–Trinajstić information content (AvgIpc) is 2.48. The van der Waals surface area contributed by atoms with Crippen LogP contribution in [0.1, 0.15) is 12.5 Å². The highest BCUT2D eigenvalue weighted by Crippen LogP contribution is 2.13. The van der Waals surface area contributed by atoms with Crippen LogP contribution in [-0.4, -0.2) is 49.8 Å². The van der Waals surface area contributed by atoms with E-state index in [1.54, 1.807) is 0 Å². The van der Waals surface area contributed by atoms with Gasteiger partial charge in [0, 0.05) is 13.1 Å². The Bertz CT molecular complexity index is 445. The van der Waals surface area contributed by atoms with Gasteiger partial charge in [-0.05, 0) is 26.0 Å². The third kappa shape index (κ3) is 6.09. The van der Waals surface area contributed by atoms with E-state index < -0.39 is 0 Å². The lowest BCUT2D eigenvalue weighted by Gasteiger charge is -2.27. The summed E-state index contributed by atoms with van der Waals surface area (Å²) in [5.41, 5.74) is 7.20. The van der Waals surface area contributed by atoms with Crippen molar-refractivity contribution in [3.63, 3.8) is 0 Å². The summed E-state index contributed by atoms with van der Waals surface area (Å²) < 4.78 is 11.1. The predicted molar refractivity (Wildman–Crippen MR) is 95.6 cm³/mol. The Morgan fingerprint density at radius 3 is 2.57 bits per heavy atom. The highest BCUT2D eigenvalue weighted by molar-refractivity contribution is 14.0. The molecule has 0 bridgehead atoms. The molecule has 1 aliphatic rings. The molecule has 1 aromatic carbocycles. The van der Waals surface area contributed by atoms with Crippen molar-refractivity contribution < 1.29 is 9.47 Å². The molecule has 118 valence electrons. The van der Waals surface area contributed by atoms with E-state index in [-0.39, 0.29) is 30.1 Å². The van der Waals surface area contributed by atoms with Gasteiger partial charge in [0.25, 0.3) is 0 Å². The van der Waals surface area contributed by atoms with Crippen molar-refractivity contribution in [1.29, 1.82) is 0 Å². The molecule has 1 saturated heterocycles. The van der Waals surface area contributed by atoms with Crippen LogP contribution in [0.15, 0.2) is 29.3 Å². The highest BCUT2D eigenvalue weighted by Gasteiger charge is 2.12. The molecule has 1 aromatic rings. The molecule has 1 aliphatic heterocycles. The first-order chi connectivity index (χ1) is 9.65. The van der Waals surface area contributed by atoms with Crippen LogP contribution in [0.3, 0.4) is 0 Å². The molecule has 1 unspecified atom stereocenters. The number of morpholine rings is 1. The van der Waals surface area contributed by atoms with E-state index in [4.69, 9.17) is 15.2 Å². The number of nitrogens with two attached hydrogens (primary N) is 1. The monoisotopic (exact) mass is 405 g/mol. The molecule has 0 saturated carbocycles. The number of nitrogens with zero attached hydrogens (tertiary/aromatic N) is 2. The zero-order valence-corrected chi connectivity index (χ0v) is 14.9. The molecular weight excluding hydrogens is 381 g/mol. The van der Waals surface area contributed by atoms with E-state index in [0.717, 1.165) is 18.8 Å². The summed E-state index contributed by atoms with van der Waals surface area (Å²) in [6.07, 6.45) is -0.00250. The number of aryl methyl sites for hydroxylation is 1. The van der Waals surface area contributed by atoms with Crippen molar-refractivity contribution in [3.05, 3.63) is 29.8 Å². The minimum atomic E-state index is -0.00250. The smallest absolute Gasteiger partial charge is 0.191 e. The van der Waals surface area contributed by atoms with E-state index in [2.05, 4.69) is 11.9 Å². The van der Waals surface area contributed by atoms with Gasteiger partial charge in [-0.25, -0.2) is 4.99 Å². The quantitative estimate of drug-likeness (QED) is 0.473. The number of guanidine groups is 1. The van der Waals surface area contributed by atoms with Crippen LogP contribution in [0.4, 0.5) is 0 Å². The van der Waals surface area contributed by atoms with E-state index in [1.165, 1.54) is 5.56 Å². The van der Waals surface area contributed by atoms with Gasteiger partial charge in [-0.2, -0.15) is 0 Å². The topological polar surface area (TPSA) is 60.1 Å². The number of halogens is 1. The summed E-state index contributed by atoms with van der Waals surface area (Å²) in [5, 5.41) is 0. The molecule has 2 rings (SSSR count). The van der Waals surface area contributed by atoms with Gasteiger partial charge in [0.15, 0.2) is 5.96 Å². The minimum Gasteiger partial charge on any atom is -0.489 e. The van der Waals surface area contributed by atoms with Crippen LogP contribution in [0, 0.1) is 6.92 Å². The number of hydrogen-bond donors (Lipinski definition) is 1. The third-order valence-corrected chi connectivity index (χ3v) is 3.20. The van der Waals surface area contributed by atoms with Crippen LogP contribution < -0.4 is 10.5 Å². The van der Waals surface area contributed by atoms with E-state index >= 15 is 0 Å². The van der Waals surface area contributed by atoms with Crippen LogP contribution in [0.2, 0.25) is 0 Å². The lowest BCUT2D eigenvalue weighted by Crippen LogP contribution is -2.45. The minimum absolute atomic E-state index is 0. The van der Waals surface area contributed by atoms with Gasteiger partial charge in [0.2, 0.25) is 0 Å². The van der Waals surface area contributed by atoms with Crippen molar-refractivity contribution in [2.45, 2.75) is 20.0 Å². The molecule has 0 spiro atoms. The van der Waals surface area contributed by atoms with Crippen molar-refractivity contribution in [2.24, 2.45) is 10.7 Å². The molecule has 2 N–H and O–H groups in total. The van der Waals surface area contributed by atoms with Gasteiger partial charge in [0.1, 0.15) is 11.9 Å². The summed E-state index contributed by atoms with van der Waals surface area (Å²) in [7, 11) is 0. The van der Waals surface area contributed by atoms with E-state index in [1.807, 2.05) is 36.1 Å². The Morgan fingerprint density at radius 1 is 1.33 bits per heavy atom. The molecule has 0 amide bonds. The summed E-state index contributed by atoms with van der Waals surface area (Å²) in [4.78, 5) is 6.45. The standard InChI is InChI=1S/C15H23N3O2.HI/c1-12-3-5-14(6-4-12)20-13(2)11-17-15(16)18-7-9-19-10-8-18;/h3-6,13H,7-11H2,1-2H3,(H2,16,17);1H. The molecule has 0 radical (unpaired) electrons. The molecular formula is C15H24IN3O2. The third-order valence-electron chi connectivity index (χ3n) is 3.20. The number of aliphatic imine (C=N–C) groups is 1. The SMILES string of the molecule is Cc1ccc(OC(C)CN=C(N)N2CCOCC2)cc1.I. The largest absolute Gasteiger partial charge is 0.489 e. The molecule has 1 atom stereocenters. The van der Waals surface area contributed by atoms with Crippen LogP contribution in [-0.2, 0) is 4.74 Å². The Hall–Kier alpha value is -1.02. The highest BCUT2D eigenvalue weighted by atomic mass is 127. The Kier molecular flexibility index (Phi) is 7.81. The summed E-state index contributed by atoms with van der Waals surface area (Å²) in [6, 6.07) is 8.02. The first-order valence-corrected chi connectivity index (χ1v) is 7.01. The fourth-order valence-corrected chi connectivity index (χ4v) is 2.00. The number of rotatable bonds is 4. The Labute approximate surface area is 143 Å². The lowest BCUT2D eigenvalue weighted by molar-refractivity contribution is 0.0673. The zero-order valence-electron chi connectivity index (χ0n) is 12.6. The molecule has 1 fully saturated rings. The normalized spacial score (nSPS) is 17.0. The van der Waals surface area contributed by atoms with Gasteiger partial charge in [-0.1, -0.05) is 17.7 Å². The maximum atomic E-state index is 5.97. The first-order valence-electron chi connectivity index (χ1n) is 7.01. The van der Waals surface area contributed by atoms with Crippen LogP contribution in [0.5, 0.6) is 5.75 Å². The number of benzene rings is 1. The predicted octanol–water partition coefficient (Wildman–Crippen LogP) is 2.03. The zero-order chi connectivity index (χ0) is 14.4. The van der Waals surface area contributed by atoms with Crippen molar-refractivity contribution in [2.75, 3.05) is 32.8 Å². The summed E-state index contributed by atoms with van der Waals surface area (Å²) in [6.45, 7) is 7.65. The van der Waals surface area contributed by atoms with Crippen molar-refractivity contribution in [1.82, 2.24) is 4.90 Å². The fourth-order valence-electron chi connectivity index (χ4n) is 2.00. The van der Waals surface area contributed by atoms with Gasteiger partial charge in [0.05, 0.1) is 19.8 Å². The summed E-state index contributed by atoms with van der Waals surface area (Å²) in [5.74, 6) is 1.44. The van der Waals surface area contributed by atoms with Gasteiger partial charge in [-0.3, -0.25) is 0 Å². The van der Waals surface area contributed by atoms with Crippen molar-refractivity contribution >= 4 is 29.9 Å². The molecule has 0 aromatic heterocycles. The van der Waals surface area contributed by atoms with Crippen LogP contribution in [0.25, 0.3) is 0 Å². The molecule has 5 nitrogen and oxygen atoms in total. The molecule has 0 aliphatic carbocycles. The van der Waals surface area contributed by atoms with E-state index in [0.29, 0.717) is 25.7 Å². The van der Waals surface area contributed by atoms with Gasteiger partial charge < -0.3 is 20.1 Å². The second-order valence-electron chi connectivity index (χ2n) is 5.04. The maximum Gasteiger partial charge on any atom is 0.191 e. The van der Waals surface area contributed by atoms with Gasteiger partial charge in [-0.15, -0.1) is 24.0 Å². The van der Waals surface area contributed by atoms with E-state index in [9.17, 15) is 0 Å². The maximum absolute atomic E-state index is 5.97. The second kappa shape index (κ2) is 9.09. The van der Waals surface area contributed by atoms with Crippen molar-refractivity contribution in [3.8, 4) is 5.75 Å². The molecule has 6 heteroatoms. The Balaban J connectivity index is 0.00000220. The second-order valence-corrected chi connectivity index (χ2v) is 5.04. The lowest BCUT2D eigenvalue weighted by atomic mass is 10.2. The summed E-state index contributed by atoms with van der Waals surface area (Å²) >= 11 is 0. The average molecular weight is 405 g/mol. The van der Waals surface area contributed by atoms with Gasteiger partial charge >= 0.3 is 0 Å². The first kappa shape index (κ1) is 18.0. The molecule has 1 heterocycles. The number of hydrogen-bond acceptors (Lipinski definition) is 3. The Morgan fingerprint density at radius 2 is 1.95 bits per heavy atom. The number of ether oxygens (including phenoxy) is 2. The molecule has 21 heavy (non-hydrogen) atoms.